The van der Waals surface area contributed by atoms with Crippen molar-refractivity contribution in [1.29, 1.82) is 5.26 Å². The smallest absolute Gasteiger partial charge is 0.252 e. The van der Waals surface area contributed by atoms with Gasteiger partial charge in [-0.3, -0.25) is 4.79 Å². The number of allylic oxidation sites excluding steroid dienone is 1. The first-order chi connectivity index (χ1) is 12.6. The summed E-state index contributed by atoms with van der Waals surface area (Å²) in [7, 11) is 0.307. The molecule has 26 heavy (non-hydrogen) atoms. The van der Waals surface area contributed by atoms with Crippen molar-refractivity contribution in [1.82, 2.24) is 15.1 Å². The molecule has 1 amide bonds. The second-order valence-electron chi connectivity index (χ2n) is 6.38. The summed E-state index contributed by atoms with van der Waals surface area (Å²) in [6, 6.07) is 6.19. The number of carbonyl (C=O) groups is 1. The van der Waals surface area contributed by atoms with Gasteiger partial charge >= 0.3 is 0 Å². The molecule has 1 saturated heterocycles. The highest BCUT2D eigenvalue weighted by atomic mass is 31.1. The quantitative estimate of drug-likeness (QED) is 0.814. The van der Waals surface area contributed by atoms with Crippen LogP contribution in [0.2, 0.25) is 0 Å². The first-order valence-electron chi connectivity index (χ1n) is 8.51. The number of nitriles is 1. The highest BCUT2D eigenvalue weighted by Gasteiger charge is 2.29. The molecule has 1 fully saturated rings. The van der Waals surface area contributed by atoms with E-state index in [-0.39, 0.29) is 17.3 Å². The largest absolute Gasteiger partial charge is 0.368 e. The van der Waals surface area contributed by atoms with Crippen LogP contribution < -0.4 is 5.32 Å². The maximum absolute atomic E-state index is 13.8. The summed E-state index contributed by atoms with van der Waals surface area (Å²) in [5.74, 6) is -0.619. The molecule has 2 unspecified atom stereocenters. The summed E-state index contributed by atoms with van der Waals surface area (Å²) in [4.78, 5) is 16.7. The Morgan fingerprint density at radius 2 is 2.08 bits per heavy atom. The van der Waals surface area contributed by atoms with Gasteiger partial charge in [-0.25, -0.2) is 4.39 Å². The monoisotopic (exact) mass is 368 g/mol. The van der Waals surface area contributed by atoms with Crippen LogP contribution in [-0.2, 0) is 4.79 Å². The average Bonchev–Trinajstić information content (AvgIpc) is 2.68. The van der Waals surface area contributed by atoms with Gasteiger partial charge in [0, 0.05) is 38.5 Å². The van der Waals surface area contributed by atoms with Crippen molar-refractivity contribution in [2.45, 2.75) is 5.78 Å². The van der Waals surface area contributed by atoms with Crippen LogP contribution in [0.1, 0.15) is 11.1 Å². The van der Waals surface area contributed by atoms with E-state index < -0.39 is 5.82 Å². The van der Waals surface area contributed by atoms with Gasteiger partial charge in [-0.1, -0.05) is 14.7 Å². The molecular formula is C19H18FN4OP. The van der Waals surface area contributed by atoms with Gasteiger partial charge in [0.15, 0.2) is 0 Å². The third kappa shape index (κ3) is 3.29. The molecule has 5 nitrogen and oxygen atoms in total. The Bertz CT molecular complexity index is 880. The second-order valence-corrected chi connectivity index (χ2v) is 7.80. The number of nitrogens with one attached hydrogen (secondary N) is 1. The first kappa shape index (κ1) is 17.0. The van der Waals surface area contributed by atoms with Crippen molar-refractivity contribution in [3.8, 4) is 6.07 Å². The van der Waals surface area contributed by atoms with Gasteiger partial charge in [-0.05, 0) is 35.2 Å². The maximum Gasteiger partial charge on any atom is 0.252 e. The predicted molar refractivity (Wildman–Crippen MR) is 99.7 cm³/mol. The normalized spacial score (nSPS) is 23.4. The molecule has 0 saturated carbocycles. The molecule has 1 N–H and O–H groups in total. The number of benzene rings is 1. The molecule has 7 heteroatoms. The van der Waals surface area contributed by atoms with Gasteiger partial charge in [0.2, 0.25) is 0 Å². The summed E-state index contributed by atoms with van der Waals surface area (Å²) in [5, 5.41) is 13.1. The summed E-state index contributed by atoms with van der Waals surface area (Å²) in [6.45, 7) is 3.73. The number of fused-ring (bicyclic) bond motifs is 1. The average molecular weight is 368 g/mol. The maximum atomic E-state index is 13.8. The van der Waals surface area contributed by atoms with E-state index in [0.717, 1.165) is 37.2 Å². The SMILES string of the molecule is N#Cc1cc(F)cc(C2=CC(=O)N3C=C(N4CCNCC4)C=CC3P2)c1. The minimum absolute atomic E-state index is 0.0528. The van der Waals surface area contributed by atoms with Crippen molar-refractivity contribution < 1.29 is 9.18 Å². The van der Waals surface area contributed by atoms with E-state index in [9.17, 15) is 9.18 Å². The number of amides is 1. The van der Waals surface area contributed by atoms with Crippen LogP contribution in [0.3, 0.4) is 0 Å². The molecule has 1 aromatic rings. The standard InChI is InChI=1S/C19H18FN4OP/c20-15-8-13(11-21)7-14(9-15)17-10-18(25)24-12-16(1-2-19(24)26-17)23-5-3-22-4-6-23/h1-2,7-10,12,19,22,26H,3-6H2. The highest BCUT2D eigenvalue weighted by molar-refractivity contribution is 7.51. The molecule has 3 aliphatic heterocycles. The zero-order valence-electron chi connectivity index (χ0n) is 14.1. The van der Waals surface area contributed by atoms with Crippen molar-refractivity contribution in [3.63, 3.8) is 0 Å². The van der Waals surface area contributed by atoms with Crippen LogP contribution in [0.25, 0.3) is 5.31 Å². The van der Waals surface area contributed by atoms with Crippen LogP contribution in [0.4, 0.5) is 4.39 Å². The predicted octanol–water partition coefficient (Wildman–Crippen LogP) is 2.20. The Kier molecular flexibility index (Phi) is 4.58. The van der Waals surface area contributed by atoms with Crippen LogP contribution in [0.15, 0.2) is 48.3 Å². The molecule has 132 valence electrons. The van der Waals surface area contributed by atoms with Crippen LogP contribution in [0.5, 0.6) is 0 Å². The lowest BCUT2D eigenvalue weighted by Crippen LogP contribution is -2.44. The Morgan fingerprint density at radius 1 is 1.27 bits per heavy atom. The molecule has 0 radical (unpaired) electrons. The number of halogens is 1. The highest BCUT2D eigenvalue weighted by Crippen LogP contribution is 2.44. The topological polar surface area (TPSA) is 59.4 Å². The molecule has 0 aromatic heterocycles. The third-order valence-electron chi connectivity index (χ3n) is 4.67. The van der Waals surface area contributed by atoms with E-state index in [2.05, 4.69) is 16.3 Å². The van der Waals surface area contributed by atoms with E-state index in [1.165, 1.54) is 12.1 Å². The zero-order chi connectivity index (χ0) is 18.1. The van der Waals surface area contributed by atoms with Crippen LogP contribution in [-0.4, -0.2) is 47.7 Å². The molecule has 0 spiro atoms. The van der Waals surface area contributed by atoms with Gasteiger partial charge in [0.05, 0.1) is 23.1 Å². The fourth-order valence-electron chi connectivity index (χ4n) is 3.35. The van der Waals surface area contributed by atoms with Crippen molar-refractivity contribution >= 4 is 19.8 Å². The number of carbonyl (C=O) groups excluding carboxylic acids is 1. The number of nitrogens with zero attached hydrogens (tertiary/aromatic N) is 3. The van der Waals surface area contributed by atoms with E-state index in [4.69, 9.17) is 5.26 Å². The Hall–Kier alpha value is -2.48. The zero-order valence-corrected chi connectivity index (χ0v) is 15.1. The number of piperazine rings is 1. The molecule has 2 atom stereocenters. The lowest BCUT2D eigenvalue weighted by atomic mass is 10.1. The van der Waals surface area contributed by atoms with Crippen molar-refractivity contribution in [3.05, 3.63) is 65.3 Å². The molecular weight excluding hydrogens is 350 g/mol. The fraction of sp³-hybridized carbons (Fsp3) is 0.263. The molecule has 1 aromatic carbocycles. The summed E-state index contributed by atoms with van der Waals surface area (Å²) in [5.41, 5.74) is 1.93. The Morgan fingerprint density at radius 3 is 2.85 bits per heavy atom. The van der Waals surface area contributed by atoms with Gasteiger partial charge < -0.3 is 15.1 Å². The second kappa shape index (κ2) is 7.03. The molecule has 3 heterocycles. The van der Waals surface area contributed by atoms with Crippen molar-refractivity contribution in [2.75, 3.05) is 26.2 Å². The van der Waals surface area contributed by atoms with E-state index in [1.54, 1.807) is 17.0 Å². The summed E-state index contributed by atoms with van der Waals surface area (Å²) >= 11 is 0. The number of hydrogen-bond acceptors (Lipinski definition) is 4. The van der Waals surface area contributed by atoms with Gasteiger partial charge in [0.1, 0.15) is 5.82 Å². The van der Waals surface area contributed by atoms with Crippen LogP contribution in [0, 0.1) is 17.1 Å². The lowest BCUT2D eigenvalue weighted by Gasteiger charge is -2.37. The van der Waals surface area contributed by atoms with Gasteiger partial charge in [0.25, 0.3) is 5.91 Å². The first-order valence-corrected chi connectivity index (χ1v) is 9.59. The number of rotatable bonds is 2. The lowest BCUT2D eigenvalue weighted by molar-refractivity contribution is -0.123. The van der Waals surface area contributed by atoms with E-state index in [0.29, 0.717) is 14.1 Å². The third-order valence-corrected chi connectivity index (χ3v) is 6.18. The molecule has 0 aliphatic carbocycles. The number of hydrogen-bond donors (Lipinski definition) is 1. The van der Waals surface area contributed by atoms with E-state index in [1.807, 2.05) is 18.3 Å². The minimum atomic E-state index is -0.459. The minimum Gasteiger partial charge on any atom is -0.368 e. The Balaban J connectivity index is 1.60. The summed E-state index contributed by atoms with van der Waals surface area (Å²) < 4.78 is 13.8. The van der Waals surface area contributed by atoms with E-state index >= 15 is 0 Å². The van der Waals surface area contributed by atoms with Gasteiger partial charge in [-0.2, -0.15) is 5.26 Å². The Labute approximate surface area is 153 Å². The van der Waals surface area contributed by atoms with Crippen molar-refractivity contribution in [2.24, 2.45) is 0 Å². The van der Waals surface area contributed by atoms with Gasteiger partial charge in [-0.15, -0.1) is 0 Å². The summed E-state index contributed by atoms with van der Waals surface area (Å²) in [6.07, 6.45) is 7.61. The molecule has 4 rings (SSSR count). The molecule has 0 bridgehead atoms. The molecule has 3 aliphatic rings. The van der Waals surface area contributed by atoms with Crippen LogP contribution >= 0.6 is 8.58 Å². The fourth-order valence-corrected chi connectivity index (χ4v) is 4.72.